The first-order valence-electron chi connectivity index (χ1n) is 4.49. The van der Waals surface area contributed by atoms with Crippen LogP contribution in [0.25, 0.3) is 0 Å². The van der Waals surface area contributed by atoms with Crippen LogP contribution in [0.1, 0.15) is 24.3 Å². The predicted octanol–water partition coefficient (Wildman–Crippen LogP) is 3.46. The summed E-state index contributed by atoms with van der Waals surface area (Å²) in [7, 11) is 0. The lowest BCUT2D eigenvalue weighted by atomic mass is 9.97. The van der Waals surface area contributed by atoms with Gasteiger partial charge in [-0.1, -0.05) is 28.1 Å². The number of nitrogens with two attached hydrogens (primary N) is 1. The summed E-state index contributed by atoms with van der Waals surface area (Å²) in [5.41, 5.74) is 8.07. The van der Waals surface area contributed by atoms with Gasteiger partial charge in [0.1, 0.15) is 0 Å². The molecular formula is C11H12BrN. The van der Waals surface area contributed by atoms with Crippen molar-refractivity contribution in [3.05, 3.63) is 40.4 Å². The lowest BCUT2D eigenvalue weighted by molar-refractivity contribution is 0.802. The molecular weight excluding hydrogens is 226 g/mol. The lowest BCUT2D eigenvalue weighted by Crippen LogP contribution is -1.97. The number of halogens is 1. The van der Waals surface area contributed by atoms with Crippen LogP contribution in [-0.4, -0.2) is 0 Å². The maximum atomic E-state index is 5.91. The van der Waals surface area contributed by atoms with E-state index in [1.807, 2.05) is 12.1 Å². The number of hydrogen-bond donors (Lipinski definition) is 1. The Bertz CT molecular complexity index is 344. The summed E-state index contributed by atoms with van der Waals surface area (Å²) in [5.74, 6) is 0.525. The van der Waals surface area contributed by atoms with E-state index in [4.69, 9.17) is 5.73 Å². The maximum absolute atomic E-state index is 5.91. The second-order valence-corrected chi connectivity index (χ2v) is 4.30. The molecule has 0 radical (unpaired) electrons. The highest BCUT2D eigenvalue weighted by Gasteiger charge is 2.14. The summed E-state index contributed by atoms with van der Waals surface area (Å²) in [6.07, 6.45) is 6.85. The maximum Gasteiger partial charge on any atom is 0.0353 e. The fourth-order valence-corrected chi connectivity index (χ4v) is 2.14. The van der Waals surface area contributed by atoms with Crippen LogP contribution in [0.2, 0.25) is 0 Å². The van der Waals surface area contributed by atoms with Crippen LogP contribution in [0.15, 0.2) is 34.8 Å². The highest BCUT2D eigenvalue weighted by molar-refractivity contribution is 9.10. The van der Waals surface area contributed by atoms with Crippen LogP contribution in [0.5, 0.6) is 0 Å². The van der Waals surface area contributed by atoms with Crippen molar-refractivity contribution >= 4 is 21.6 Å². The summed E-state index contributed by atoms with van der Waals surface area (Å²) in [5, 5.41) is 0. The second-order valence-electron chi connectivity index (χ2n) is 3.39. The molecule has 1 nitrogen and oxygen atoms in total. The molecule has 2 rings (SSSR count). The van der Waals surface area contributed by atoms with Crippen LogP contribution in [0.4, 0.5) is 5.69 Å². The van der Waals surface area contributed by atoms with Crippen molar-refractivity contribution in [2.45, 2.75) is 18.8 Å². The average Bonchev–Trinajstić information content (AvgIpc) is 2.61. The number of anilines is 1. The highest BCUT2D eigenvalue weighted by Crippen LogP contribution is 2.33. The van der Waals surface area contributed by atoms with Crippen molar-refractivity contribution in [2.75, 3.05) is 5.73 Å². The van der Waals surface area contributed by atoms with Crippen LogP contribution in [0, 0.1) is 0 Å². The summed E-state index contributed by atoms with van der Waals surface area (Å²) in [6, 6.07) is 6.07. The Morgan fingerprint density at radius 2 is 2.23 bits per heavy atom. The molecule has 2 heteroatoms. The van der Waals surface area contributed by atoms with Crippen LogP contribution >= 0.6 is 15.9 Å². The van der Waals surface area contributed by atoms with Gasteiger partial charge in [0, 0.05) is 16.1 Å². The number of hydrogen-bond acceptors (Lipinski definition) is 1. The first-order valence-corrected chi connectivity index (χ1v) is 5.28. The molecule has 2 N–H and O–H groups in total. The minimum atomic E-state index is 0.525. The number of nitrogen functional groups attached to an aromatic ring is 1. The van der Waals surface area contributed by atoms with E-state index in [1.165, 1.54) is 18.4 Å². The third kappa shape index (κ3) is 1.78. The summed E-state index contributed by atoms with van der Waals surface area (Å²) in [6.45, 7) is 0. The van der Waals surface area contributed by atoms with Crippen molar-refractivity contribution in [3.8, 4) is 0 Å². The fraction of sp³-hybridized carbons (Fsp3) is 0.273. The van der Waals surface area contributed by atoms with E-state index in [0.717, 1.165) is 10.2 Å². The standard InChI is InChI=1S/C11H12BrN/c12-9-5-6-11(13)10(7-9)8-3-1-2-4-8/h1,3,5-8H,2,4,13H2/t8-/m0/s1. The molecule has 1 aliphatic carbocycles. The fourth-order valence-electron chi connectivity index (χ4n) is 1.76. The Labute approximate surface area is 86.8 Å². The monoisotopic (exact) mass is 237 g/mol. The second kappa shape index (κ2) is 3.54. The van der Waals surface area contributed by atoms with E-state index in [9.17, 15) is 0 Å². The number of rotatable bonds is 1. The molecule has 0 unspecified atom stereocenters. The zero-order valence-electron chi connectivity index (χ0n) is 7.33. The van der Waals surface area contributed by atoms with E-state index in [2.05, 4.69) is 34.1 Å². The Balaban J connectivity index is 2.37. The van der Waals surface area contributed by atoms with Crippen molar-refractivity contribution < 1.29 is 0 Å². The molecule has 0 heterocycles. The van der Waals surface area contributed by atoms with E-state index in [0.29, 0.717) is 5.92 Å². The van der Waals surface area contributed by atoms with E-state index in [1.54, 1.807) is 0 Å². The molecule has 0 amide bonds. The highest BCUT2D eigenvalue weighted by atomic mass is 79.9. The van der Waals surface area contributed by atoms with Gasteiger partial charge in [-0.05, 0) is 36.6 Å². The van der Waals surface area contributed by atoms with E-state index in [-0.39, 0.29) is 0 Å². The van der Waals surface area contributed by atoms with Crippen molar-refractivity contribution in [2.24, 2.45) is 0 Å². The normalized spacial score (nSPS) is 20.8. The molecule has 0 spiro atoms. The van der Waals surface area contributed by atoms with Gasteiger partial charge < -0.3 is 5.73 Å². The average molecular weight is 238 g/mol. The van der Waals surface area contributed by atoms with Crippen LogP contribution in [-0.2, 0) is 0 Å². The SMILES string of the molecule is Nc1ccc(Br)cc1[C@H]1C=CCC1. The Morgan fingerprint density at radius 3 is 2.92 bits per heavy atom. The molecule has 0 bridgehead atoms. The zero-order chi connectivity index (χ0) is 9.26. The summed E-state index contributed by atoms with van der Waals surface area (Å²) in [4.78, 5) is 0. The molecule has 1 atom stereocenters. The lowest BCUT2D eigenvalue weighted by Gasteiger charge is -2.11. The molecule has 68 valence electrons. The summed E-state index contributed by atoms with van der Waals surface area (Å²) < 4.78 is 1.11. The molecule has 13 heavy (non-hydrogen) atoms. The molecule has 0 saturated heterocycles. The van der Waals surface area contributed by atoms with Gasteiger partial charge in [-0.25, -0.2) is 0 Å². The molecule has 0 aliphatic heterocycles. The Hall–Kier alpha value is -0.760. The van der Waals surface area contributed by atoms with E-state index >= 15 is 0 Å². The van der Waals surface area contributed by atoms with Crippen molar-refractivity contribution in [3.63, 3.8) is 0 Å². The zero-order valence-corrected chi connectivity index (χ0v) is 8.92. The largest absolute Gasteiger partial charge is 0.398 e. The first kappa shape index (κ1) is 8.82. The molecule has 1 aliphatic rings. The minimum absolute atomic E-state index is 0.525. The summed E-state index contributed by atoms with van der Waals surface area (Å²) >= 11 is 3.46. The quantitative estimate of drug-likeness (QED) is 0.588. The smallest absolute Gasteiger partial charge is 0.0353 e. The third-order valence-corrected chi connectivity index (χ3v) is 2.95. The van der Waals surface area contributed by atoms with Crippen molar-refractivity contribution in [1.29, 1.82) is 0 Å². The van der Waals surface area contributed by atoms with Gasteiger partial charge >= 0.3 is 0 Å². The van der Waals surface area contributed by atoms with E-state index < -0.39 is 0 Å². The van der Waals surface area contributed by atoms with Crippen molar-refractivity contribution in [1.82, 2.24) is 0 Å². The van der Waals surface area contributed by atoms with Gasteiger partial charge in [-0.3, -0.25) is 0 Å². The Morgan fingerprint density at radius 1 is 1.38 bits per heavy atom. The van der Waals surface area contributed by atoms with Gasteiger partial charge in [0.25, 0.3) is 0 Å². The number of benzene rings is 1. The van der Waals surface area contributed by atoms with Gasteiger partial charge in [0.15, 0.2) is 0 Å². The molecule has 0 fully saturated rings. The van der Waals surface area contributed by atoms with Gasteiger partial charge in [-0.15, -0.1) is 0 Å². The van der Waals surface area contributed by atoms with Gasteiger partial charge in [0.05, 0.1) is 0 Å². The Kier molecular flexibility index (Phi) is 2.40. The number of allylic oxidation sites excluding steroid dienone is 2. The predicted molar refractivity (Wildman–Crippen MR) is 59.7 cm³/mol. The minimum Gasteiger partial charge on any atom is -0.398 e. The van der Waals surface area contributed by atoms with Gasteiger partial charge in [-0.2, -0.15) is 0 Å². The third-order valence-electron chi connectivity index (χ3n) is 2.46. The molecule has 0 saturated carbocycles. The first-order chi connectivity index (χ1) is 6.27. The topological polar surface area (TPSA) is 26.0 Å². The molecule has 0 aromatic heterocycles. The molecule has 1 aromatic rings. The molecule has 1 aromatic carbocycles. The van der Waals surface area contributed by atoms with Crippen LogP contribution in [0.3, 0.4) is 0 Å². The van der Waals surface area contributed by atoms with Crippen LogP contribution < -0.4 is 5.73 Å². The van der Waals surface area contributed by atoms with Gasteiger partial charge in [0.2, 0.25) is 0 Å².